The summed E-state index contributed by atoms with van der Waals surface area (Å²) in [6.45, 7) is 6.30. The number of sulfonamides is 1. The number of carbonyl (C=O) groups is 1. The van der Waals surface area contributed by atoms with Crippen LogP contribution in [0.1, 0.15) is 26.3 Å². The Morgan fingerprint density at radius 2 is 1.50 bits per heavy atom. The number of carbonyl (C=O) groups excluding carboxylic acids is 1. The smallest absolute Gasteiger partial charge is 0.238 e. The molecule has 0 aromatic heterocycles. The van der Waals surface area contributed by atoms with Gasteiger partial charge in [-0.05, 0) is 48.4 Å². The van der Waals surface area contributed by atoms with Crippen molar-refractivity contribution in [3.05, 3.63) is 54.1 Å². The molecule has 0 aliphatic heterocycles. The van der Waals surface area contributed by atoms with E-state index in [1.165, 1.54) is 12.1 Å². The summed E-state index contributed by atoms with van der Waals surface area (Å²) in [6, 6.07) is 14.1. The molecule has 0 saturated carbocycles. The zero-order chi connectivity index (χ0) is 19.4. The first-order valence-electron chi connectivity index (χ1n) is 8.33. The van der Waals surface area contributed by atoms with Gasteiger partial charge in [-0.2, -0.15) is 0 Å². The number of hydrogen-bond acceptors (Lipinski definition) is 4. The molecule has 2 aromatic rings. The summed E-state index contributed by atoms with van der Waals surface area (Å²) >= 11 is 0. The van der Waals surface area contributed by atoms with Crippen LogP contribution in [0.15, 0.2) is 53.4 Å². The van der Waals surface area contributed by atoms with Crippen LogP contribution in [-0.2, 0) is 21.2 Å². The van der Waals surface area contributed by atoms with E-state index in [2.05, 4.69) is 10.6 Å². The Labute approximate surface area is 154 Å². The number of nitrogens with two attached hydrogens (primary N) is 1. The zero-order valence-electron chi connectivity index (χ0n) is 15.2. The highest BCUT2D eigenvalue weighted by atomic mass is 32.2. The Kier molecular flexibility index (Phi) is 6.05. The van der Waals surface area contributed by atoms with Gasteiger partial charge >= 0.3 is 0 Å². The molecule has 140 valence electrons. The molecule has 0 bridgehead atoms. The lowest BCUT2D eigenvalue weighted by molar-refractivity contribution is -0.123. The normalized spacial score (nSPS) is 11.8. The minimum Gasteiger partial charge on any atom is -0.385 e. The van der Waals surface area contributed by atoms with E-state index in [9.17, 15) is 13.2 Å². The quantitative estimate of drug-likeness (QED) is 0.722. The summed E-state index contributed by atoms with van der Waals surface area (Å²) < 4.78 is 22.5. The molecule has 6 nitrogen and oxygen atoms in total. The first kappa shape index (κ1) is 19.9. The molecule has 0 spiro atoms. The van der Waals surface area contributed by atoms with E-state index in [4.69, 9.17) is 5.14 Å². The van der Waals surface area contributed by atoms with Crippen LogP contribution in [0.2, 0.25) is 0 Å². The lowest BCUT2D eigenvalue weighted by Gasteiger charge is -2.17. The van der Waals surface area contributed by atoms with Gasteiger partial charge in [0.2, 0.25) is 15.9 Å². The summed E-state index contributed by atoms with van der Waals surface area (Å²) in [6.07, 6.45) is 0.743. The minimum atomic E-state index is -3.65. The first-order chi connectivity index (χ1) is 12.1. The summed E-state index contributed by atoms with van der Waals surface area (Å²) in [5.74, 6) is -0.0267. The SMILES string of the molecule is CC(C)(C)C(=O)Nc1ccc(NCCc2ccc(S(N)(=O)=O)cc2)cc1. The third kappa shape index (κ3) is 5.86. The Balaban J connectivity index is 1.85. The highest BCUT2D eigenvalue weighted by Gasteiger charge is 2.20. The van der Waals surface area contributed by atoms with Crippen LogP contribution in [0, 0.1) is 5.41 Å². The Morgan fingerprint density at radius 1 is 0.962 bits per heavy atom. The van der Waals surface area contributed by atoms with Crippen molar-refractivity contribution < 1.29 is 13.2 Å². The zero-order valence-corrected chi connectivity index (χ0v) is 16.1. The highest BCUT2D eigenvalue weighted by Crippen LogP contribution is 2.19. The number of rotatable bonds is 6. The molecule has 2 rings (SSSR count). The molecule has 0 heterocycles. The number of hydrogen-bond donors (Lipinski definition) is 3. The molecule has 0 aliphatic carbocycles. The molecule has 26 heavy (non-hydrogen) atoms. The summed E-state index contributed by atoms with van der Waals surface area (Å²) in [5, 5.41) is 11.3. The van der Waals surface area contributed by atoms with Crippen LogP contribution in [0.3, 0.4) is 0 Å². The van der Waals surface area contributed by atoms with E-state index in [1.807, 2.05) is 45.0 Å². The third-order valence-corrected chi connectivity index (χ3v) is 4.75. The Morgan fingerprint density at radius 3 is 2.00 bits per heavy atom. The van der Waals surface area contributed by atoms with Crippen molar-refractivity contribution in [3.8, 4) is 0 Å². The molecule has 2 aromatic carbocycles. The van der Waals surface area contributed by atoms with Crippen LogP contribution in [0.25, 0.3) is 0 Å². The molecule has 0 atom stereocenters. The average molecular weight is 375 g/mol. The lowest BCUT2D eigenvalue weighted by atomic mass is 9.95. The lowest BCUT2D eigenvalue weighted by Crippen LogP contribution is -2.27. The maximum Gasteiger partial charge on any atom is 0.238 e. The van der Waals surface area contributed by atoms with Crippen LogP contribution in [0.5, 0.6) is 0 Å². The van der Waals surface area contributed by atoms with Crippen LogP contribution >= 0.6 is 0 Å². The van der Waals surface area contributed by atoms with Crippen molar-refractivity contribution in [2.45, 2.75) is 32.1 Å². The van der Waals surface area contributed by atoms with Crippen LogP contribution in [-0.4, -0.2) is 20.9 Å². The fourth-order valence-electron chi connectivity index (χ4n) is 2.19. The standard InChI is InChI=1S/C19H25N3O3S/c1-19(2,3)18(23)22-16-8-6-15(7-9-16)21-13-12-14-4-10-17(11-5-14)26(20,24)25/h4-11,21H,12-13H2,1-3H3,(H,22,23)(H2,20,24,25). The van der Waals surface area contributed by atoms with Gasteiger partial charge in [0.05, 0.1) is 4.90 Å². The molecule has 7 heteroatoms. The van der Waals surface area contributed by atoms with E-state index < -0.39 is 15.4 Å². The molecular formula is C19H25N3O3S. The predicted molar refractivity (Wildman–Crippen MR) is 105 cm³/mol. The molecule has 0 unspecified atom stereocenters. The maximum absolute atomic E-state index is 12.0. The molecule has 0 fully saturated rings. The molecular weight excluding hydrogens is 350 g/mol. The van der Waals surface area contributed by atoms with Gasteiger partial charge < -0.3 is 10.6 Å². The second-order valence-electron chi connectivity index (χ2n) is 7.15. The van der Waals surface area contributed by atoms with Crippen molar-refractivity contribution in [1.82, 2.24) is 0 Å². The number of nitrogens with one attached hydrogen (secondary N) is 2. The van der Waals surface area contributed by atoms with E-state index >= 15 is 0 Å². The summed E-state index contributed by atoms with van der Waals surface area (Å²) in [7, 11) is -3.65. The molecule has 4 N–H and O–H groups in total. The van der Waals surface area contributed by atoms with Crippen molar-refractivity contribution in [3.63, 3.8) is 0 Å². The van der Waals surface area contributed by atoms with E-state index in [0.717, 1.165) is 23.4 Å². The average Bonchev–Trinajstić information content (AvgIpc) is 2.55. The van der Waals surface area contributed by atoms with E-state index in [-0.39, 0.29) is 10.8 Å². The van der Waals surface area contributed by atoms with Gasteiger partial charge in [0.15, 0.2) is 0 Å². The van der Waals surface area contributed by atoms with Gasteiger partial charge in [0.25, 0.3) is 0 Å². The van der Waals surface area contributed by atoms with Gasteiger partial charge in [0, 0.05) is 23.3 Å². The largest absolute Gasteiger partial charge is 0.385 e. The highest BCUT2D eigenvalue weighted by molar-refractivity contribution is 7.89. The van der Waals surface area contributed by atoms with Gasteiger partial charge in [-0.1, -0.05) is 32.9 Å². The maximum atomic E-state index is 12.0. The number of benzene rings is 2. The fourth-order valence-corrected chi connectivity index (χ4v) is 2.70. The Bertz CT molecular complexity index is 852. The molecule has 1 amide bonds. The number of primary sulfonamides is 1. The van der Waals surface area contributed by atoms with Crippen molar-refractivity contribution >= 4 is 27.3 Å². The van der Waals surface area contributed by atoms with Crippen LogP contribution in [0.4, 0.5) is 11.4 Å². The second kappa shape index (κ2) is 7.88. The fraction of sp³-hybridized carbons (Fsp3) is 0.316. The number of anilines is 2. The van der Waals surface area contributed by atoms with Crippen molar-refractivity contribution in [2.24, 2.45) is 10.6 Å². The van der Waals surface area contributed by atoms with E-state index in [1.54, 1.807) is 12.1 Å². The summed E-state index contributed by atoms with van der Waals surface area (Å²) in [4.78, 5) is 12.1. The van der Waals surface area contributed by atoms with Gasteiger partial charge in [0.1, 0.15) is 0 Å². The van der Waals surface area contributed by atoms with Gasteiger partial charge in [-0.3, -0.25) is 4.79 Å². The van der Waals surface area contributed by atoms with E-state index in [0.29, 0.717) is 6.54 Å². The molecule has 0 radical (unpaired) electrons. The topological polar surface area (TPSA) is 101 Å². The molecule has 0 saturated heterocycles. The van der Waals surface area contributed by atoms with Gasteiger partial charge in [-0.15, -0.1) is 0 Å². The number of amides is 1. The summed E-state index contributed by atoms with van der Waals surface area (Å²) in [5.41, 5.74) is 2.28. The van der Waals surface area contributed by atoms with Crippen molar-refractivity contribution in [2.75, 3.05) is 17.2 Å². The minimum absolute atomic E-state index is 0.0267. The van der Waals surface area contributed by atoms with Gasteiger partial charge in [-0.25, -0.2) is 13.6 Å². The monoisotopic (exact) mass is 375 g/mol. The Hall–Kier alpha value is -2.38. The van der Waals surface area contributed by atoms with Crippen molar-refractivity contribution in [1.29, 1.82) is 0 Å². The van der Waals surface area contributed by atoms with Crippen LogP contribution < -0.4 is 15.8 Å². The predicted octanol–water partition coefficient (Wildman–Crippen LogP) is 2.97. The third-order valence-electron chi connectivity index (χ3n) is 3.82. The molecule has 0 aliphatic rings. The second-order valence-corrected chi connectivity index (χ2v) is 8.71. The first-order valence-corrected chi connectivity index (χ1v) is 9.87.